The highest BCUT2D eigenvalue weighted by Gasteiger charge is 2.36. The summed E-state index contributed by atoms with van der Waals surface area (Å²) in [6.45, 7) is 2.72. The van der Waals surface area contributed by atoms with E-state index in [-0.39, 0.29) is 29.6 Å². The van der Waals surface area contributed by atoms with Crippen LogP contribution in [0.4, 0.5) is 18.9 Å². The van der Waals surface area contributed by atoms with E-state index in [0.717, 1.165) is 17.7 Å². The van der Waals surface area contributed by atoms with Crippen LogP contribution in [-0.2, 0) is 38.8 Å². The Morgan fingerprint density at radius 1 is 0.854 bits per heavy atom. The molecule has 0 bridgehead atoms. The highest BCUT2D eigenvalue weighted by Crippen LogP contribution is 2.33. The monoisotopic (exact) mass is 681 g/mol. The number of nitrogens with zero attached hydrogens (tertiary/aromatic N) is 2. The molecular formula is C36H38F3N3O5S. The van der Waals surface area contributed by atoms with Crippen LogP contribution >= 0.6 is 0 Å². The van der Waals surface area contributed by atoms with Gasteiger partial charge in [-0.25, -0.2) is 8.42 Å². The zero-order valence-electron chi connectivity index (χ0n) is 26.9. The third kappa shape index (κ3) is 9.15. The lowest BCUT2D eigenvalue weighted by Gasteiger charge is -2.34. The Hall–Kier alpha value is -4.84. The van der Waals surface area contributed by atoms with E-state index < -0.39 is 46.2 Å². The van der Waals surface area contributed by atoms with Gasteiger partial charge in [0.25, 0.3) is 10.0 Å². The lowest BCUT2D eigenvalue weighted by atomic mass is 10.0. The maximum atomic E-state index is 14.5. The molecule has 2 amide bonds. The number of hydrogen-bond acceptors (Lipinski definition) is 5. The number of anilines is 1. The van der Waals surface area contributed by atoms with Crippen LogP contribution in [0.1, 0.15) is 37.0 Å². The highest BCUT2D eigenvalue weighted by atomic mass is 32.2. The minimum absolute atomic E-state index is 0.0911. The first-order valence-electron chi connectivity index (χ1n) is 15.3. The largest absolute Gasteiger partial charge is 0.497 e. The highest BCUT2D eigenvalue weighted by molar-refractivity contribution is 7.92. The zero-order valence-corrected chi connectivity index (χ0v) is 27.7. The van der Waals surface area contributed by atoms with Crippen LogP contribution in [0.15, 0.2) is 114 Å². The SMILES string of the molecule is CC[C@@H](C)NC(=O)[C@H](Cc1ccccc1)N(Cc1cccc(OC)c1)C(=O)CN(c1cccc(C(F)(F)F)c1)S(=O)(=O)c1ccccc1. The van der Waals surface area contributed by atoms with Crippen LogP contribution in [0.2, 0.25) is 0 Å². The van der Waals surface area contributed by atoms with Crippen LogP contribution in [0.5, 0.6) is 5.75 Å². The van der Waals surface area contributed by atoms with Crippen LogP contribution in [0.3, 0.4) is 0 Å². The molecule has 0 aliphatic carbocycles. The molecule has 1 N–H and O–H groups in total. The fraction of sp³-hybridized carbons (Fsp3) is 0.278. The van der Waals surface area contributed by atoms with E-state index in [1.54, 1.807) is 42.5 Å². The molecule has 0 spiro atoms. The van der Waals surface area contributed by atoms with Crippen molar-refractivity contribution in [2.75, 3.05) is 18.0 Å². The number of sulfonamides is 1. The average Bonchev–Trinajstić information content (AvgIpc) is 3.09. The smallest absolute Gasteiger partial charge is 0.416 e. The number of carbonyl (C=O) groups is 2. The van der Waals surface area contributed by atoms with Crippen molar-refractivity contribution in [1.82, 2.24) is 10.2 Å². The molecule has 0 radical (unpaired) electrons. The molecule has 0 fully saturated rings. The van der Waals surface area contributed by atoms with Gasteiger partial charge in [-0.2, -0.15) is 13.2 Å². The van der Waals surface area contributed by atoms with Crippen molar-refractivity contribution >= 4 is 27.5 Å². The summed E-state index contributed by atoms with van der Waals surface area (Å²) in [4.78, 5) is 29.5. The predicted octanol–water partition coefficient (Wildman–Crippen LogP) is 6.46. The fourth-order valence-electron chi connectivity index (χ4n) is 5.05. The summed E-state index contributed by atoms with van der Waals surface area (Å²) in [5.41, 5.74) is -0.0959. The molecule has 0 aliphatic heterocycles. The van der Waals surface area contributed by atoms with Crippen molar-refractivity contribution in [1.29, 1.82) is 0 Å². The van der Waals surface area contributed by atoms with Crippen LogP contribution in [-0.4, -0.2) is 50.9 Å². The predicted molar refractivity (Wildman–Crippen MR) is 178 cm³/mol. The van der Waals surface area contributed by atoms with Gasteiger partial charge in [0.15, 0.2) is 0 Å². The standard InChI is InChI=1S/C36H38F3N3O5S/c1-4-26(2)40-35(44)33(22-27-13-7-5-8-14-27)41(24-28-15-11-18-31(21-28)47-3)34(43)25-42(48(45,46)32-19-9-6-10-20-32)30-17-12-16-29(23-30)36(37,38)39/h5-21,23,26,33H,4,22,24-25H2,1-3H3,(H,40,44)/t26-,33+/m1/s1. The number of methoxy groups -OCH3 is 1. The van der Waals surface area contributed by atoms with Gasteiger partial charge in [0.1, 0.15) is 18.3 Å². The summed E-state index contributed by atoms with van der Waals surface area (Å²) in [6, 6.07) is 25.5. The minimum atomic E-state index is -4.77. The van der Waals surface area contributed by atoms with Crippen LogP contribution < -0.4 is 14.4 Å². The normalized spacial score (nSPS) is 12.9. The van der Waals surface area contributed by atoms with Crippen molar-refractivity contribution in [3.63, 3.8) is 0 Å². The van der Waals surface area contributed by atoms with E-state index in [2.05, 4.69) is 5.32 Å². The topological polar surface area (TPSA) is 96.0 Å². The molecule has 4 aromatic rings. The summed E-state index contributed by atoms with van der Waals surface area (Å²) in [5, 5.41) is 2.94. The maximum Gasteiger partial charge on any atom is 0.416 e. The molecule has 4 aromatic carbocycles. The van der Waals surface area contributed by atoms with Crippen molar-refractivity contribution in [2.24, 2.45) is 0 Å². The molecule has 0 aliphatic rings. The quantitative estimate of drug-likeness (QED) is 0.165. The van der Waals surface area contributed by atoms with Gasteiger partial charge in [0.05, 0.1) is 23.3 Å². The first kappa shape index (κ1) is 36.0. The number of carbonyl (C=O) groups excluding carboxylic acids is 2. The number of benzene rings is 4. The molecule has 4 rings (SSSR count). The molecule has 254 valence electrons. The van der Waals surface area contributed by atoms with Crippen molar-refractivity contribution in [3.8, 4) is 5.75 Å². The number of nitrogens with one attached hydrogen (secondary N) is 1. The lowest BCUT2D eigenvalue weighted by molar-refractivity contribution is -0.140. The molecule has 0 unspecified atom stereocenters. The van der Waals surface area contributed by atoms with Gasteiger partial charge >= 0.3 is 6.18 Å². The molecule has 8 nitrogen and oxygen atoms in total. The van der Waals surface area contributed by atoms with Crippen molar-refractivity contribution in [2.45, 2.75) is 56.4 Å². The summed E-state index contributed by atoms with van der Waals surface area (Å²) in [6.07, 6.45) is -4.06. The molecule has 0 aromatic heterocycles. The summed E-state index contributed by atoms with van der Waals surface area (Å²) in [5.74, 6) is -0.753. The molecule has 12 heteroatoms. The number of halogens is 3. The number of alkyl halides is 3. The molecule has 2 atom stereocenters. The van der Waals surface area contributed by atoms with Gasteiger partial charge in [-0.05, 0) is 66.9 Å². The first-order chi connectivity index (χ1) is 22.8. The Bertz CT molecular complexity index is 1790. The van der Waals surface area contributed by atoms with Gasteiger partial charge in [0, 0.05) is 19.0 Å². The van der Waals surface area contributed by atoms with Gasteiger partial charge < -0.3 is 15.0 Å². The number of rotatable bonds is 14. The Morgan fingerprint density at radius 3 is 2.10 bits per heavy atom. The lowest BCUT2D eigenvalue weighted by Crippen LogP contribution is -2.54. The molecular weight excluding hydrogens is 643 g/mol. The second-order valence-electron chi connectivity index (χ2n) is 11.3. The minimum Gasteiger partial charge on any atom is -0.497 e. The third-order valence-electron chi connectivity index (χ3n) is 7.83. The summed E-state index contributed by atoms with van der Waals surface area (Å²) in [7, 11) is -3.07. The van der Waals surface area contributed by atoms with Crippen molar-refractivity contribution in [3.05, 3.63) is 126 Å². The van der Waals surface area contributed by atoms with E-state index in [9.17, 15) is 31.2 Å². The van der Waals surface area contributed by atoms with E-state index >= 15 is 0 Å². The molecule has 0 heterocycles. The van der Waals surface area contributed by atoms with E-state index in [1.807, 2.05) is 32.0 Å². The second-order valence-corrected chi connectivity index (χ2v) is 13.1. The molecule has 0 saturated heterocycles. The van der Waals surface area contributed by atoms with Crippen LogP contribution in [0.25, 0.3) is 0 Å². The van der Waals surface area contributed by atoms with Crippen LogP contribution in [0, 0.1) is 0 Å². The Morgan fingerprint density at radius 2 is 1.48 bits per heavy atom. The number of amides is 2. The summed E-state index contributed by atoms with van der Waals surface area (Å²) >= 11 is 0. The maximum absolute atomic E-state index is 14.5. The fourth-order valence-corrected chi connectivity index (χ4v) is 6.48. The third-order valence-corrected chi connectivity index (χ3v) is 9.62. The molecule has 48 heavy (non-hydrogen) atoms. The van der Waals surface area contributed by atoms with E-state index in [1.165, 1.54) is 42.3 Å². The number of hydrogen-bond donors (Lipinski definition) is 1. The van der Waals surface area contributed by atoms with Crippen molar-refractivity contribution < 1.29 is 35.9 Å². The van der Waals surface area contributed by atoms with Gasteiger partial charge in [-0.15, -0.1) is 0 Å². The Kier molecular flexibility index (Phi) is 11.9. The Balaban J connectivity index is 1.85. The number of ether oxygens (including phenoxy) is 1. The summed E-state index contributed by atoms with van der Waals surface area (Å²) < 4.78 is 75.5. The molecule has 0 saturated carbocycles. The van der Waals surface area contributed by atoms with Gasteiger partial charge in [-0.1, -0.05) is 73.7 Å². The first-order valence-corrected chi connectivity index (χ1v) is 16.8. The van der Waals surface area contributed by atoms with Gasteiger partial charge in [-0.3, -0.25) is 13.9 Å². The van der Waals surface area contributed by atoms with Gasteiger partial charge in [0.2, 0.25) is 11.8 Å². The van der Waals surface area contributed by atoms with E-state index in [0.29, 0.717) is 28.1 Å². The Labute approximate surface area is 279 Å². The van der Waals surface area contributed by atoms with E-state index in [4.69, 9.17) is 4.74 Å². The average molecular weight is 682 g/mol. The second kappa shape index (κ2) is 15.8. The zero-order chi connectivity index (χ0) is 34.9.